The Labute approximate surface area is 110 Å². The van der Waals surface area contributed by atoms with E-state index in [1.165, 1.54) is 24.3 Å². The van der Waals surface area contributed by atoms with Gasteiger partial charge < -0.3 is 10.5 Å². The van der Waals surface area contributed by atoms with Crippen LogP contribution in [0.4, 0.5) is 8.78 Å². The second kappa shape index (κ2) is 5.36. The summed E-state index contributed by atoms with van der Waals surface area (Å²) in [6, 6.07) is 8.48. The van der Waals surface area contributed by atoms with Crippen molar-refractivity contribution in [2.45, 2.75) is 19.9 Å². The molecule has 0 aliphatic rings. The van der Waals surface area contributed by atoms with Crippen LogP contribution in [0.5, 0.6) is 11.5 Å². The van der Waals surface area contributed by atoms with Gasteiger partial charge in [-0.15, -0.1) is 0 Å². The van der Waals surface area contributed by atoms with Gasteiger partial charge in [-0.3, -0.25) is 0 Å². The van der Waals surface area contributed by atoms with E-state index in [-0.39, 0.29) is 5.75 Å². The molecule has 19 heavy (non-hydrogen) atoms. The predicted molar refractivity (Wildman–Crippen MR) is 70.2 cm³/mol. The lowest BCUT2D eigenvalue weighted by Gasteiger charge is -2.14. The Morgan fingerprint density at radius 2 is 1.84 bits per heavy atom. The molecule has 0 saturated carbocycles. The van der Waals surface area contributed by atoms with E-state index in [1.54, 1.807) is 26.0 Å². The van der Waals surface area contributed by atoms with Crippen LogP contribution in [-0.4, -0.2) is 0 Å². The summed E-state index contributed by atoms with van der Waals surface area (Å²) in [5, 5.41) is 0. The Balaban J connectivity index is 2.41. The summed E-state index contributed by atoms with van der Waals surface area (Å²) < 4.78 is 32.6. The molecule has 2 rings (SSSR count). The van der Waals surface area contributed by atoms with Gasteiger partial charge in [-0.25, -0.2) is 8.78 Å². The van der Waals surface area contributed by atoms with E-state index in [0.717, 1.165) is 0 Å². The molecule has 4 heteroatoms. The van der Waals surface area contributed by atoms with Gasteiger partial charge in [0.1, 0.15) is 11.6 Å². The van der Waals surface area contributed by atoms with E-state index >= 15 is 0 Å². The van der Waals surface area contributed by atoms with E-state index < -0.39 is 17.7 Å². The highest BCUT2D eigenvalue weighted by molar-refractivity contribution is 5.41. The summed E-state index contributed by atoms with van der Waals surface area (Å²) in [7, 11) is 0. The normalized spacial score (nSPS) is 12.3. The van der Waals surface area contributed by atoms with Gasteiger partial charge in [0.05, 0.1) is 0 Å². The summed E-state index contributed by atoms with van der Waals surface area (Å²) in [6.07, 6.45) is 0. The molecule has 1 unspecified atom stereocenters. The first-order valence-corrected chi connectivity index (χ1v) is 5.97. The standard InChI is InChI=1S/C15H15F2NO/c1-9-4-3-5-14(15(9)17)19-13-7-6-11(16)8-12(13)10(2)18/h3-8,10H,18H2,1-2H3. The molecular weight excluding hydrogens is 248 g/mol. The van der Waals surface area contributed by atoms with Crippen molar-refractivity contribution in [3.63, 3.8) is 0 Å². The Bertz CT molecular complexity index is 597. The minimum absolute atomic E-state index is 0.105. The molecule has 0 radical (unpaired) electrons. The van der Waals surface area contributed by atoms with Crippen molar-refractivity contribution in [2.24, 2.45) is 5.73 Å². The number of hydrogen-bond donors (Lipinski definition) is 1. The molecule has 2 aromatic carbocycles. The average molecular weight is 263 g/mol. The largest absolute Gasteiger partial charge is 0.454 e. The van der Waals surface area contributed by atoms with Crippen LogP contribution in [0.25, 0.3) is 0 Å². The summed E-state index contributed by atoms with van der Waals surface area (Å²) in [6.45, 7) is 3.37. The molecule has 2 aromatic rings. The molecule has 0 aromatic heterocycles. The monoisotopic (exact) mass is 263 g/mol. The van der Waals surface area contributed by atoms with Crippen molar-refractivity contribution >= 4 is 0 Å². The molecule has 2 N–H and O–H groups in total. The molecule has 2 nitrogen and oxygen atoms in total. The SMILES string of the molecule is Cc1cccc(Oc2ccc(F)cc2C(C)N)c1F. The molecule has 0 spiro atoms. The smallest absolute Gasteiger partial charge is 0.168 e. The number of nitrogens with two attached hydrogens (primary N) is 1. The maximum atomic E-state index is 13.9. The predicted octanol–water partition coefficient (Wildman–Crippen LogP) is 4.09. The van der Waals surface area contributed by atoms with Crippen LogP contribution in [0.3, 0.4) is 0 Å². The number of benzene rings is 2. The van der Waals surface area contributed by atoms with E-state index in [9.17, 15) is 8.78 Å². The second-order valence-corrected chi connectivity index (χ2v) is 4.46. The third kappa shape index (κ3) is 2.90. The molecule has 0 bridgehead atoms. The Kier molecular flexibility index (Phi) is 3.81. The van der Waals surface area contributed by atoms with Gasteiger partial charge in [-0.2, -0.15) is 0 Å². The lowest BCUT2D eigenvalue weighted by molar-refractivity contribution is 0.431. The van der Waals surface area contributed by atoms with Crippen LogP contribution in [-0.2, 0) is 0 Å². The average Bonchev–Trinajstić information content (AvgIpc) is 2.36. The van der Waals surface area contributed by atoms with E-state index in [2.05, 4.69) is 0 Å². The van der Waals surface area contributed by atoms with Crippen molar-refractivity contribution in [1.82, 2.24) is 0 Å². The number of ether oxygens (including phenoxy) is 1. The van der Waals surface area contributed by atoms with Gasteiger partial charge in [0.15, 0.2) is 11.6 Å². The fourth-order valence-electron chi connectivity index (χ4n) is 1.79. The second-order valence-electron chi connectivity index (χ2n) is 4.46. The molecule has 0 fully saturated rings. The first kappa shape index (κ1) is 13.5. The Hall–Kier alpha value is -1.94. The van der Waals surface area contributed by atoms with Gasteiger partial charge in [0, 0.05) is 11.6 Å². The molecule has 0 saturated heterocycles. The van der Waals surface area contributed by atoms with E-state index in [1.807, 2.05) is 0 Å². The van der Waals surface area contributed by atoms with Gasteiger partial charge in [0.2, 0.25) is 0 Å². The van der Waals surface area contributed by atoms with Gasteiger partial charge in [-0.05, 0) is 43.7 Å². The highest BCUT2D eigenvalue weighted by atomic mass is 19.1. The van der Waals surface area contributed by atoms with E-state index in [4.69, 9.17) is 10.5 Å². The minimum atomic E-state index is -0.428. The quantitative estimate of drug-likeness (QED) is 0.905. The molecule has 0 amide bonds. The zero-order chi connectivity index (χ0) is 14.0. The van der Waals surface area contributed by atoms with Crippen molar-refractivity contribution < 1.29 is 13.5 Å². The van der Waals surface area contributed by atoms with Crippen LogP contribution in [0, 0.1) is 18.6 Å². The van der Waals surface area contributed by atoms with Gasteiger partial charge in [-0.1, -0.05) is 12.1 Å². The zero-order valence-electron chi connectivity index (χ0n) is 10.8. The number of aryl methyl sites for hydroxylation is 1. The maximum Gasteiger partial charge on any atom is 0.168 e. The molecule has 0 heterocycles. The molecule has 0 aliphatic heterocycles. The van der Waals surface area contributed by atoms with Crippen LogP contribution < -0.4 is 10.5 Å². The first-order chi connectivity index (χ1) is 8.99. The Morgan fingerprint density at radius 1 is 1.11 bits per heavy atom. The summed E-state index contributed by atoms with van der Waals surface area (Å²) >= 11 is 0. The Morgan fingerprint density at radius 3 is 2.53 bits per heavy atom. The van der Waals surface area contributed by atoms with Gasteiger partial charge >= 0.3 is 0 Å². The van der Waals surface area contributed by atoms with E-state index in [0.29, 0.717) is 16.9 Å². The summed E-state index contributed by atoms with van der Waals surface area (Å²) in [5.74, 6) is -0.360. The van der Waals surface area contributed by atoms with Crippen molar-refractivity contribution in [3.8, 4) is 11.5 Å². The van der Waals surface area contributed by atoms with Gasteiger partial charge in [0.25, 0.3) is 0 Å². The molecular formula is C15H15F2NO. The number of rotatable bonds is 3. The van der Waals surface area contributed by atoms with Crippen LogP contribution >= 0.6 is 0 Å². The fourth-order valence-corrected chi connectivity index (χ4v) is 1.79. The molecule has 100 valence electrons. The molecule has 1 atom stereocenters. The lowest BCUT2D eigenvalue weighted by Crippen LogP contribution is -2.07. The fraction of sp³-hybridized carbons (Fsp3) is 0.200. The van der Waals surface area contributed by atoms with Crippen molar-refractivity contribution in [1.29, 1.82) is 0 Å². The first-order valence-electron chi connectivity index (χ1n) is 5.97. The third-order valence-electron chi connectivity index (χ3n) is 2.84. The molecule has 0 aliphatic carbocycles. The maximum absolute atomic E-state index is 13.9. The number of halogens is 2. The lowest BCUT2D eigenvalue weighted by atomic mass is 10.1. The zero-order valence-corrected chi connectivity index (χ0v) is 10.8. The van der Waals surface area contributed by atoms with Crippen molar-refractivity contribution in [3.05, 3.63) is 59.2 Å². The minimum Gasteiger partial charge on any atom is -0.454 e. The highest BCUT2D eigenvalue weighted by Crippen LogP contribution is 2.31. The highest BCUT2D eigenvalue weighted by Gasteiger charge is 2.13. The van der Waals surface area contributed by atoms with Crippen LogP contribution in [0.2, 0.25) is 0 Å². The summed E-state index contributed by atoms with van der Waals surface area (Å²) in [4.78, 5) is 0. The van der Waals surface area contributed by atoms with Crippen LogP contribution in [0.1, 0.15) is 24.1 Å². The van der Waals surface area contributed by atoms with Crippen molar-refractivity contribution in [2.75, 3.05) is 0 Å². The summed E-state index contributed by atoms with van der Waals surface area (Å²) in [5.41, 5.74) is 6.75. The third-order valence-corrected chi connectivity index (χ3v) is 2.84. The van der Waals surface area contributed by atoms with Crippen LogP contribution in [0.15, 0.2) is 36.4 Å². The number of hydrogen-bond acceptors (Lipinski definition) is 2. The topological polar surface area (TPSA) is 35.2 Å².